The second-order valence-corrected chi connectivity index (χ2v) is 6.06. The highest BCUT2D eigenvalue weighted by Crippen LogP contribution is 2.25. The summed E-state index contributed by atoms with van der Waals surface area (Å²) >= 11 is 6.02. The van der Waals surface area contributed by atoms with E-state index in [0.29, 0.717) is 28.3 Å². The Morgan fingerprint density at radius 2 is 1.92 bits per heavy atom. The van der Waals surface area contributed by atoms with E-state index in [1.165, 1.54) is 0 Å². The van der Waals surface area contributed by atoms with Gasteiger partial charge in [0.25, 0.3) is 0 Å². The third-order valence-electron chi connectivity index (χ3n) is 4.09. The van der Waals surface area contributed by atoms with E-state index in [0.717, 1.165) is 5.39 Å². The number of likely N-dealkylation sites (N-methyl/N-ethyl adjacent to an activating group) is 1. The van der Waals surface area contributed by atoms with Gasteiger partial charge in [-0.1, -0.05) is 35.9 Å². The highest BCUT2D eigenvalue weighted by molar-refractivity contribution is 6.30. The fourth-order valence-corrected chi connectivity index (χ4v) is 3.14. The molecule has 6 heteroatoms. The number of aromatic carboxylic acids is 1. The number of aromatic amines is 1. The van der Waals surface area contributed by atoms with Gasteiger partial charge in [-0.05, 0) is 31.2 Å². The zero-order valence-corrected chi connectivity index (χ0v) is 14.4. The molecule has 0 aliphatic carbocycles. The summed E-state index contributed by atoms with van der Waals surface area (Å²) in [5.41, 5.74) is 1.94. The lowest BCUT2D eigenvalue weighted by atomic mass is 10.1. The number of H-pyrrole nitrogens is 1. The molecule has 0 atom stereocenters. The number of anilines is 1. The number of aromatic nitrogens is 1. The number of hydrogen-bond donors (Lipinski definition) is 2. The molecular weight excluding hydrogens is 340 g/mol. The molecule has 0 fully saturated rings. The van der Waals surface area contributed by atoms with Crippen LogP contribution in [-0.2, 0) is 11.2 Å². The van der Waals surface area contributed by atoms with Crippen molar-refractivity contribution in [2.45, 2.75) is 13.3 Å². The van der Waals surface area contributed by atoms with Crippen molar-refractivity contribution < 1.29 is 14.7 Å². The van der Waals surface area contributed by atoms with Gasteiger partial charge in [-0.15, -0.1) is 0 Å². The Morgan fingerprint density at radius 1 is 1.16 bits per heavy atom. The summed E-state index contributed by atoms with van der Waals surface area (Å²) < 4.78 is 0. The monoisotopic (exact) mass is 356 g/mol. The minimum Gasteiger partial charge on any atom is -0.477 e. The zero-order valence-electron chi connectivity index (χ0n) is 13.6. The Bertz CT molecular complexity index is 949. The number of carbonyl (C=O) groups excluding carboxylic acids is 1. The van der Waals surface area contributed by atoms with Gasteiger partial charge in [-0.2, -0.15) is 0 Å². The summed E-state index contributed by atoms with van der Waals surface area (Å²) in [7, 11) is 0. The van der Waals surface area contributed by atoms with Crippen LogP contribution in [0.2, 0.25) is 5.02 Å². The molecule has 0 aliphatic heterocycles. The molecule has 5 nitrogen and oxygen atoms in total. The van der Waals surface area contributed by atoms with E-state index in [1.54, 1.807) is 35.2 Å². The first-order valence-corrected chi connectivity index (χ1v) is 8.28. The van der Waals surface area contributed by atoms with Gasteiger partial charge in [0.1, 0.15) is 5.69 Å². The third kappa shape index (κ3) is 3.37. The Hall–Kier alpha value is -2.79. The fourth-order valence-electron chi connectivity index (χ4n) is 2.96. The van der Waals surface area contributed by atoms with Crippen LogP contribution in [-0.4, -0.2) is 28.5 Å². The number of para-hydroxylation sites is 1. The number of carboxylic acids is 1. The lowest BCUT2D eigenvalue weighted by molar-refractivity contribution is -0.117. The van der Waals surface area contributed by atoms with Gasteiger partial charge in [0.2, 0.25) is 5.91 Å². The van der Waals surface area contributed by atoms with E-state index in [2.05, 4.69) is 4.98 Å². The average Bonchev–Trinajstić information content (AvgIpc) is 2.95. The zero-order chi connectivity index (χ0) is 18.0. The molecule has 1 amide bonds. The van der Waals surface area contributed by atoms with Gasteiger partial charge in [0.15, 0.2) is 0 Å². The van der Waals surface area contributed by atoms with Crippen molar-refractivity contribution in [3.8, 4) is 0 Å². The number of amides is 1. The molecule has 0 saturated heterocycles. The van der Waals surface area contributed by atoms with Crippen LogP contribution >= 0.6 is 11.6 Å². The predicted molar refractivity (Wildman–Crippen MR) is 98.4 cm³/mol. The van der Waals surface area contributed by atoms with Gasteiger partial charge in [-0.3, -0.25) is 4.79 Å². The SMILES string of the molecule is CCN(C(=O)Cc1c(C(=O)O)[nH]c2ccccc12)c1cccc(Cl)c1. The Morgan fingerprint density at radius 3 is 2.60 bits per heavy atom. The van der Waals surface area contributed by atoms with Crippen LogP contribution in [0.25, 0.3) is 10.9 Å². The van der Waals surface area contributed by atoms with Crippen LogP contribution in [0.1, 0.15) is 23.0 Å². The smallest absolute Gasteiger partial charge is 0.352 e. The molecule has 1 heterocycles. The molecule has 0 radical (unpaired) electrons. The molecule has 0 saturated carbocycles. The molecule has 2 aromatic carbocycles. The molecule has 3 aromatic rings. The first-order chi connectivity index (χ1) is 12.0. The molecule has 25 heavy (non-hydrogen) atoms. The summed E-state index contributed by atoms with van der Waals surface area (Å²) in [5.74, 6) is -1.26. The standard InChI is InChI=1S/C19H17ClN2O3/c1-2-22(13-7-5-6-12(20)10-13)17(23)11-15-14-8-3-4-9-16(14)21-18(15)19(24)25/h3-10,21H,2,11H2,1H3,(H,24,25). The largest absolute Gasteiger partial charge is 0.477 e. The van der Waals surface area contributed by atoms with Crippen molar-refractivity contribution in [1.29, 1.82) is 0 Å². The van der Waals surface area contributed by atoms with E-state index in [4.69, 9.17) is 11.6 Å². The number of nitrogens with one attached hydrogen (secondary N) is 1. The summed E-state index contributed by atoms with van der Waals surface area (Å²) in [6.07, 6.45) is -0.00794. The minimum absolute atomic E-state index is 0.00794. The number of halogens is 1. The van der Waals surface area contributed by atoms with Gasteiger partial charge >= 0.3 is 5.97 Å². The molecular formula is C19H17ClN2O3. The summed E-state index contributed by atoms with van der Waals surface area (Å²) in [6, 6.07) is 14.3. The van der Waals surface area contributed by atoms with Crippen LogP contribution in [0.3, 0.4) is 0 Å². The Labute approximate surface area is 149 Å². The maximum absolute atomic E-state index is 12.8. The Balaban J connectivity index is 1.98. The van der Waals surface area contributed by atoms with Crippen LogP contribution in [0.15, 0.2) is 48.5 Å². The van der Waals surface area contributed by atoms with E-state index >= 15 is 0 Å². The lowest BCUT2D eigenvalue weighted by Gasteiger charge is -2.21. The number of benzene rings is 2. The van der Waals surface area contributed by atoms with Gasteiger partial charge in [0.05, 0.1) is 6.42 Å². The maximum atomic E-state index is 12.8. The van der Waals surface area contributed by atoms with Crippen molar-refractivity contribution in [3.63, 3.8) is 0 Å². The molecule has 0 aliphatic rings. The molecule has 3 rings (SSSR count). The lowest BCUT2D eigenvalue weighted by Crippen LogP contribution is -2.32. The second kappa shape index (κ2) is 6.99. The molecule has 0 unspecified atom stereocenters. The predicted octanol–water partition coefficient (Wildman–Crippen LogP) is 4.12. The average molecular weight is 357 g/mol. The summed E-state index contributed by atoms with van der Waals surface area (Å²) in [4.78, 5) is 28.9. The highest BCUT2D eigenvalue weighted by atomic mass is 35.5. The number of nitrogens with zero attached hydrogens (tertiary/aromatic N) is 1. The molecule has 0 spiro atoms. The van der Waals surface area contributed by atoms with Gasteiger partial charge in [0, 0.05) is 33.7 Å². The van der Waals surface area contributed by atoms with E-state index in [1.807, 2.05) is 25.1 Å². The first kappa shape index (κ1) is 17.0. The Kier molecular flexibility index (Phi) is 4.76. The topological polar surface area (TPSA) is 73.4 Å². The molecule has 1 aromatic heterocycles. The molecule has 0 bridgehead atoms. The van der Waals surface area contributed by atoms with Gasteiger partial charge < -0.3 is 15.0 Å². The van der Waals surface area contributed by atoms with Crippen molar-refractivity contribution in [3.05, 3.63) is 64.8 Å². The van der Waals surface area contributed by atoms with Crippen LogP contribution in [0.5, 0.6) is 0 Å². The first-order valence-electron chi connectivity index (χ1n) is 7.90. The summed E-state index contributed by atoms with van der Waals surface area (Å²) in [6.45, 7) is 2.33. The molecule has 2 N–H and O–H groups in total. The number of rotatable bonds is 5. The summed E-state index contributed by atoms with van der Waals surface area (Å²) in [5, 5.41) is 10.7. The normalized spacial score (nSPS) is 10.8. The number of fused-ring (bicyclic) bond motifs is 1. The van der Waals surface area contributed by atoms with Crippen LogP contribution < -0.4 is 4.90 Å². The van der Waals surface area contributed by atoms with E-state index < -0.39 is 5.97 Å². The maximum Gasteiger partial charge on any atom is 0.352 e. The minimum atomic E-state index is -1.08. The fraction of sp³-hybridized carbons (Fsp3) is 0.158. The number of carbonyl (C=O) groups is 2. The van der Waals surface area contributed by atoms with Crippen LogP contribution in [0, 0.1) is 0 Å². The van der Waals surface area contributed by atoms with Crippen LogP contribution in [0.4, 0.5) is 5.69 Å². The molecule has 128 valence electrons. The third-order valence-corrected chi connectivity index (χ3v) is 4.33. The van der Waals surface area contributed by atoms with Crippen molar-refractivity contribution in [2.75, 3.05) is 11.4 Å². The van der Waals surface area contributed by atoms with E-state index in [9.17, 15) is 14.7 Å². The van der Waals surface area contributed by atoms with Crippen molar-refractivity contribution in [1.82, 2.24) is 4.98 Å². The van der Waals surface area contributed by atoms with Gasteiger partial charge in [-0.25, -0.2) is 4.79 Å². The van der Waals surface area contributed by atoms with Crippen molar-refractivity contribution in [2.24, 2.45) is 0 Å². The number of carboxylic acid groups (broad SMARTS) is 1. The van der Waals surface area contributed by atoms with Crippen molar-refractivity contribution >= 4 is 40.1 Å². The highest BCUT2D eigenvalue weighted by Gasteiger charge is 2.22. The second-order valence-electron chi connectivity index (χ2n) is 5.62. The van der Waals surface area contributed by atoms with E-state index in [-0.39, 0.29) is 18.0 Å². The number of hydrogen-bond acceptors (Lipinski definition) is 2. The quantitative estimate of drug-likeness (QED) is 0.722.